The van der Waals surface area contributed by atoms with E-state index < -0.39 is 6.61 Å². The summed E-state index contributed by atoms with van der Waals surface area (Å²) in [6.45, 7) is -0.878. The maximum atomic E-state index is 12.0. The molecule has 0 atom stereocenters. The van der Waals surface area contributed by atoms with Crippen LogP contribution in [0.1, 0.15) is 29.6 Å². The molecule has 0 saturated heterocycles. The maximum Gasteiger partial charge on any atom is 0.387 e. The first-order chi connectivity index (χ1) is 10.1. The number of hydrogen-bond donors (Lipinski definition) is 1. The lowest BCUT2D eigenvalue weighted by molar-refractivity contribution is -0.0498. The highest BCUT2D eigenvalue weighted by Crippen LogP contribution is 2.28. The van der Waals surface area contributed by atoms with E-state index in [1.54, 1.807) is 0 Å². The minimum atomic E-state index is -2.86. The van der Waals surface area contributed by atoms with Crippen molar-refractivity contribution in [2.75, 3.05) is 19.8 Å². The van der Waals surface area contributed by atoms with Crippen molar-refractivity contribution in [3.8, 4) is 5.75 Å². The van der Waals surface area contributed by atoms with Crippen molar-refractivity contribution in [1.82, 2.24) is 5.32 Å². The lowest BCUT2D eigenvalue weighted by Crippen LogP contribution is -2.25. The molecule has 2 rings (SSSR count). The Hall–Kier alpha value is -1.69. The van der Waals surface area contributed by atoms with Crippen LogP contribution in [0.15, 0.2) is 24.3 Å². The first kappa shape index (κ1) is 15.7. The van der Waals surface area contributed by atoms with Crippen LogP contribution >= 0.6 is 0 Å². The van der Waals surface area contributed by atoms with E-state index in [2.05, 4.69) is 10.1 Å². The van der Waals surface area contributed by atoms with Gasteiger partial charge >= 0.3 is 6.61 Å². The Morgan fingerprint density at radius 3 is 2.62 bits per heavy atom. The molecule has 116 valence electrons. The number of benzene rings is 1. The summed E-state index contributed by atoms with van der Waals surface area (Å²) in [7, 11) is 0. The van der Waals surface area contributed by atoms with Crippen molar-refractivity contribution >= 4 is 5.91 Å². The summed E-state index contributed by atoms with van der Waals surface area (Å²) < 4.78 is 33.7. The lowest BCUT2D eigenvalue weighted by atomic mass is 10.2. The summed E-state index contributed by atoms with van der Waals surface area (Å²) in [5.41, 5.74) is 0.413. The molecule has 0 aliphatic heterocycles. The Balaban J connectivity index is 1.62. The minimum absolute atomic E-state index is 0.0371. The molecule has 0 radical (unpaired) electrons. The Bertz CT molecular complexity index is 447. The van der Waals surface area contributed by atoms with Crippen LogP contribution in [-0.2, 0) is 4.74 Å². The monoisotopic (exact) mass is 299 g/mol. The fourth-order valence-electron chi connectivity index (χ4n) is 1.80. The van der Waals surface area contributed by atoms with Gasteiger partial charge in [0.15, 0.2) is 0 Å². The molecule has 6 heteroatoms. The number of hydrogen-bond acceptors (Lipinski definition) is 3. The molecule has 21 heavy (non-hydrogen) atoms. The van der Waals surface area contributed by atoms with Gasteiger partial charge < -0.3 is 14.8 Å². The summed E-state index contributed by atoms with van der Waals surface area (Å²) in [4.78, 5) is 11.8. The normalized spacial score (nSPS) is 14.2. The number of rotatable bonds is 9. The molecule has 0 heterocycles. The van der Waals surface area contributed by atoms with Crippen molar-refractivity contribution in [3.05, 3.63) is 29.8 Å². The summed E-state index contributed by atoms with van der Waals surface area (Å²) >= 11 is 0. The summed E-state index contributed by atoms with van der Waals surface area (Å²) in [5.74, 6) is 0.546. The van der Waals surface area contributed by atoms with Gasteiger partial charge in [-0.25, -0.2) is 0 Å². The molecule has 1 aliphatic rings. The highest BCUT2D eigenvalue weighted by Gasteiger charge is 2.20. The molecule has 1 saturated carbocycles. The van der Waals surface area contributed by atoms with Gasteiger partial charge in [-0.1, -0.05) is 0 Å². The zero-order valence-corrected chi connectivity index (χ0v) is 11.7. The van der Waals surface area contributed by atoms with E-state index in [1.807, 2.05) is 0 Å². The molecule has 0 bridgehead atoms. The Labute approximate surface area is 122 Å². The molecule has 1 aliphatic carbocycles. The molecule has 1 aromatic carbocycles. The average molecular weight is 299 g/mol. The first-order valence-corrected chi connectivity index (χ1v) is 7.06. The number of nitrogens with one attached hydrogen (secondary N) is 1. The predicted molar refractivity (Wildman–Crippen MR) is 73.6 cm³/mol. The Kier molecular flexibility index (Phi) is 5.92. The van der Waals surface area contributed by atoms with Crippen molar-refractivity contribution in [3.63, 3.8) is 0 Å². The zero-order valence-electron chi connectivity index (χ0n) is 11.7. The third-order valence-electron chi connectivity index (χ3n) is 3.14. The van der Waals surface area contributed by atoms with Gasteiger partial charge in [0, 0.05) is 25.3 Å². The van der Waals surface area contributed by atoms with Crippen molar-refractivity contribution in [2.45, 2.75) is 25.9 Å². The predicted octanol–water partition coefficient (Wildman–Crippen LogP) is 2.83. The standard InChI is InChI=1S/C15H19F2NO3/c16-15(17)21-13-6-4-12(5-7-13)14(19)18-8-1-9-20-10-11-2-3-11/h4-7,11,15H,1-3,8-10H2,(H,18,19). The van der Waals surface area contributed by atoms with Crippen molar-refractivity contribution in [1.29, 1.82) is 0 Å². The molecule has 1 fully saturated rings. The van der Waals surface area contributed by atoms with Gasteiger partial charge in [0.05, 0.1) is 0 Å². The molecule has 1 N–H and O–H groups in total. The molecular weight excluding hydrogens is 280 g/mol. The molecule has 1 amide bonds. The van der Waals surface area contributed by atoms with E-state index in [-0.39, 0.29) is 11.7 Å². The smallest absolute Gasteiger partial charge is 0.387 e. The second-order valence-corrected chi connectivity index (χ2v) is 5.03. The number of amides is 1. The van der Waals surface area contributed by atoms with Crippen molar-refractivity contribution < 1.29 is 23.0 Å². The van der Waals surface area contributed by atoms with Gasteiger partial charge in [-0.3, -0.25) is 4.79 Å². The highest BCUT2D eigenvalue weighted by atomic mass is 19.3. The maximum absolute atomic E-state index is 12.0. The average Bonchev–Trinajstić information content (AvgIpc) is 3.26. The van der Waals surface area contributed by atoms with Gasteiger partial charge in [0.2, 0.25) is 0 Å². The summed E-state index contributed by atoms with van der Waals surface area (Å²) in [5, 5.41) is 2.76. The quantitative estimate of drug-likeness (QED) is 0.713. The van der Waals surface area contributed by atoms with E-state index in [0.29, 0.717) is 18.7 Å². The Morgan fingerprint density at radius 1 is 1.29 bits per heavy atom. The second-order valence-electron chi connectivity index (χ2n) is 5.03. The van der Waals surface area contributed by atoms with Crippen LogP contribution in [0.25, 0.3) is 0 Å². The summed E-state index contributed by atoms with van der Waals surface area (Å²) in [6, 6.07) is 5.60. The van der Waals surface area contributed by atoms with Gasteiger partial charge in [0.1, 0.15) is 5.75 Å². The van der Waals surface area contributed by atoms with Crippen LogP contribution in [-0.4, -0.2) is 32.3 Å². The molecular formula is C15H19F2NO3. The van der Waals surface area contributed by atoms with Crippen LogP contribution in [0.2, 0.25) is 0 Å². The number of alkyl halides is 2. The van der Waals surface area contributed by atoms with Crippen LogP contribution < -0.4 is 10.1 Å². The van der Waals surface area contributed by atoms with Crippen LogP contribution in [0, 0.1) is 5.92 Å². The van der Waals surface area contributed by atoms with Crippen LogP contribution in [0.5, 0.6) is 5.75 Å². The fourth-order valence-corrected chi connectivity index (χ4v) is 1.80. The first-order valence-electron chi connectivity index (χ1n) is 7.06. The van der Waals surface area contributed by atoms with E-state index >= 15 is 0 Å². The molecule has 4 nitrogen and oxygen atoms in total. The van der Waals surface area contributed by atoms with Gasteiger partial charge in [-0.15, -0.1) is 0 Å². The third-order valence-corrected chi connectivity index (χ3v) is 3.14. The van der Waals surface area contributed by atoms with Crippen molar-refractivity contribution in [2.24, 2.45) is 5.92 Å². The second kappa shape index (κ2) is 7.93. The lowest BCUT2D eigenvalue weighted by Gasteiger charge is -2.07. The van der Waals surface area contributed by atoms with Gasteiger partial charge in [-0.2, -0.15) is 8.78 Å². The van der Waals surface area contributed by atoms with E-state index in [4.69, 9.17) is 4.74 Å². The third kappa shape index (κ3) is 6.08. The van der Waals surface area contributed by atoms with E-state index in [1.165, 1.54) is 37.1 Å². The van der Waals surface area contributed by atoms with E-state index in [0.717, 1.165) is 18.9 Å². The highest BCUT2D eigenvalue weighted by molar-refractivity contribution is 5.94. The fraction of sp³-hybridized carbons (Fsp3) is 0.533. The van der Waals surface area contributed by atoms with Gasteiger partial charge in [0.25, 0.3) is 5.91 Å². The minimum Gasteiger partial charge on any atom is -0.435 e. The number of carbonyl (C=O) groups excluding carboxylic acids is 1. The van der Waals surface area contributed by atoms with Gasteiger partial charge in [-0.05, 0) is 49.4 Å². The molecule has 0 spiro atoms. The SMILES string of the molecule is O=C(NCCCOCC1CC1)c1ccc(OC(F)F)cc1. The largest absolute Gasteiger partial charge is 0.435 e. The van der Waals surface area contributed by atoms with E-state index in [9.17, 15) is 13.6 Å². The zero-order chi connectivity index (χ0) is 15.1. The molecule has 0 unspecified atom stereocenters. The Morgan fingerprint density at radius 2 is 2.00 bits per heavy atom. The number of carbonyl (C=O) groups is 1. The molecule has 1 aromatic rings. The molecule has 0 aromatic heterocycles. The number of ether oxygens (including phenoxy) is 2. The summed E-state index contributed by atoms with van der Waals surface area (Å²) in [6.07, 6.45) is 3.29. The van der Waals surface area contributed by atoms with Crippen LogP contribution in [0.3, 0.4) is 0 Å². The topological polar surface area (TPSA) is 47.6 Å². The van der Waals surface area contributed by atoms with Crippen LogP contribution in [0.4, 0.5) is 8.78 Å². The number of halogens is 2.